The van der Waals surface area contributed by atoms with Gasteiger partial charge in [-0.05, 0) is 63.0 Å². The standard InChI is InChI=1S/C35H46NO3P.Li/c37-34(38)29-21-13-11-9-7-5-3-1-2-4-6-8-10-12-16-23-31-24-22-30-36-35(31)40(39,32-25-17-14-18-26-32)33-27-19-15-20-28-33;/h1,3,14-15,17-20,22,24-28,30H,2,4-13,16,21,23,29H2,(H,37,38);/q;+1/p-1/b3-1-;. The van der Waals surface area contributed by atoms with E-state index in [1.54, 1.807) is 6.20 Å². The van der Waals surface area contributed by atoms with Gasteiger partial charge in [-0.25, -0.2) is 0 Å². The molecule has 0 aliphatic rings. The molecule has 3 rings (SSSR count). The molecule has 3 aromatic rings. The Bertz CT molecular complexity index is 1160. The number of unbranched alkanes of at least 4 members (excludes halogenated alkanes) is 11. The third-order valence-electron chi connectivity index (χ3n) is 7.39. The van der Waals surface area contributed by atoms with Gasteiger partial charge < -0.3 is 14.5 Å². The van der Waals surface area contributed by atoms with Crippen LogP contribution in [0, 0.1) is 0 Å². The van der Waals surface area contributed by atoms with Gasteiger partial charge in [0.1, 0.15) is 5.44 Å². The molecule has 0 saturated heterocycles. The van der Waals surface area contributed by atoms with Crippen LogP contribution in [0.5, 0.6) is 0 Å². The number of nitrogens with zero attached hydrogens (tertiary/aromatic N) is 1. The molecule has 41 heavy (non-hydrogen) atoms. The Kier molecular flexibility index (Phi) is 17.4. The Labute approximate surface area is 259 Å². The van der Waals surface area contributed by atoms with Gasteiger partial charge in [-0.1, -0.05) is 124 Å². The van der Waals surface area contributed by atoms with E-state index in [-0.39, 0.29) is 25.3 Å². The minimum atomic E-state index is -3.05. The molecular weight excluding hydrogens is 520 g/mol. The van der Waals surface area contributed by atoms with Crippen LogP contribution >= 0.6 is 7.14 Å². The number of carboxylic acid groups (broad SMARTS) is 1. The fourth-order valence-corrected chi connectivity index (χ4v) is 7.95. The van der Waals surface area contributed by atoms with E-state index in [0.29, 0.717) is 0 Å². The van der Waals surface area contributed by atoms with E-state index in [9.17, 15) is 14.5 Å². The molecule has 0 spiro atoms. The van der Waals surface area contributed by atoms with Crippen molar-refractivity contribution in [2.45, 2.75) is 96.3 Å². The molecule has 0 aliphatic carbocycles. The average Bonchev–Trinajstić information content (AvgIpc) is 2.99. The van der Waals surface area contributed by atoms with E-state index in [1.165, 1.54) is 44.9 Å². The molecular formula is C35H45LiNO3P. The molecule has 0 saturated carbocycles. The number of allylic oxidation sites excluding steroid dienone is 2. The third-order valence-corrected chi connectivity index (χ3v) is 10.4. The van der Waals surface area contributed by atoms with Crippen molar-refractivity contribution in [3.05, 3.63) is 96.7 Å². The number of carbonyl (C=O) groups excluding carboxylic acids is 1. The summed E-state index contributed by atoms with van der Waals surface area (Å²) in [6.45, 7) is 0. The van der Waals surface area contributed by atoms with Crippen molar-refractivity contribution in [3.63, 3.8) is 0 Å². The van der Waals surface area contributed by atoms with Crippen molar-refractivity contribution in [1.29, 1.82) is 0 Å². The Hall–Kier alpha value is -2.37. The second-order valence-corrected chi connectivity index (χ2v) is 13.3. The Morgan fingerprint density at radius 3 is 1.68 bits per heavy atom. The number of rotatable bonds is 20. The number of aliphatic carboxylic acids is 1. The average molecular weight is 566 g/mol. The molecule has 1 aromatic heterocycles. The van der Waals surface area contributed by atoms with E-state index in [1.807, 2.05) is 66.7 Å². The second-order valence-electron chi connectivity index (χ2n) is 10.6. The third kappa shape index (κ3) is 12.2. The van der Waals surface area contributed by atoms with Crippen LogP contribution in [-0.2, 0) is 15.8 Å². The molecule has 4 nitrogen and oxygen atoms in total. The molecule has 0 atom stereocenters. The smallest absolute Gasteiger partial charge is 0.550 e. The number of benzene rings is 2. The van der Waals surface area contributed by atoms with Crippen molar-refractivity contribution in [2.24, 2.45) is 0 Å². The summed E-state index contributed by atoms with van der Waals surface area (Å²) in [4.78, 5) is 15.1. The minimum absolute atomic E-state index is 0. The summed E-state index contributed by atoms with van der Waals surface area (Å²) in [6, 6.07) is 23.7. The summed E-state index contributed by atoms with van der Waals surface area (Å²) >= 11 is 0. The van der Waals surface area contributed by atoms with Gasteiger partial charge in [0, 0.05) is 22.8 Å². The van der Waals surface area contributed by atoms with Gasteiger partial charge in [0.15, 0.2) is 7.14 Å². The first-order valence-corrected chi connectivity index (χ1v) is 16.8. The number of aryl methyl sites for hydroxylation is 1. The van der Waals surface area contributed by atoms with Crippen LogP contribution in [-0.4, -0.2) is 11.0 Å². The van der Waals surface area contributed by atoms with Gasteiger partial charge >= 0.3 is 18.9 Å². The first kappa shape index (κ1) is 34.8. The Balaban J connectivity index is 0.00000588. The zero-order valence-electron chi connectivity index (χ0n) is 24.9. The number of pyridine rings is 1. The first-order chi connectivity index (χ1) is 19.6. The van der Waals surface area contributed by atoms with Crippen LogP contribution in [0.15, 0.2) is 91.1 Å². The molecule has 0 fully saturated rings. The van der Waals surface area contributed by atoms with Crippen LogP contribution in [0.1, 0.15) is 95.5 Å². The zero-order valence-corrected chi connectivity index (χ0v) is 25.8. The molecule has 0 aliphatic heterocycles. The van der Waals surface area contributed by atoms with Gasteiger partial charge in [-0.15, -0.1) is 0 Å². The number of carboxylic acids is 1. The summed E-state index contributed by atoms with van der Waals surface area (Å²) in [5, 5.41) is 12.1. The number of hydrogen-bond donors (Lipinski definition) is 0. The topological polar surface area (TPSA) is 70.1 Å². The van der Waals surface area contributed by atoms with Crippen LogP contribution in [0.25, 0.3) is 0 Å². The van der Waals surface area contributed by atoms with Crippen LogP contribution in [0.2, 0.25) is 0 Å². The summed E-state index contributed by atoms with van der Waals surface area (Å²) in [5.74, 6) is -0.933. The van der Waals surface area contributed by atoms with E-state index >= 15 is 0 Å². The predicted octanol–water partition coefficient (Wildman–Crippen LogP) is 4.04. The summed E-state index contributed by atoms with van der Waals surface area (Å²) in [6.07, 6.45) is 22.2. The number of hydrogen-bond acceptors (Lipinski definition) is 4. The fourth-order valence-electron chi connectivity index (χ4n) is 5.16. The Morgan fingerprint density at radius 2 is 1.15 bits per heavy atom. The molecule has 0 bridgehead atoms. The molecule has 0 N–H and O–H groups in total. The number of carbonyl (C=O) groups is 1. The van der Waals surface area contributed by atoms with E-state index in [4.69, 9.17) is 4.98 Å². The van der Waals surface area contributed by atoms with Crippen molar-refractivity contribution in [1.82, 2.24) is 4.98 Å². The quantitative estimate of drug-likeness (QED) is 0.0898. The second kappa shape index (κ2) is 20.5. The van der Waals surface area contributed by atoms with E-state index in [2.05, 4.69) is 18.2 Å². The number of aromatic nitrogens is 1. The molecule has 6 heteroatoms. The van der Waals surface area contributed by atoms with Gasteiger partial charge in [0.25, 0.3) is 0 Å². The normalized spacial score (nSPS) is 11.4. The molecule has 2 aromatic carbocycles. The first-order valence-electron chi connectivity index (χ1n) is 15.1. The molecule has 214 valence electrons. The molecule has 0 unspecified atom stereocenters. The maximum Gasteiger partial charge on any atom is 1.00 e. The van der Waals surface area contributed by atoms with Crippen molar-refractivity contribution in [3.8, 4) is 0 Å². The van der Waals surface area contributed by atoms with Crippen molar-refractivity contribution in [2.75, 3.05) is 0 Å². The zero-order chi connectivity index (χ0) is 28.3. The summed E-state index contributed by atoms with van der Waals surface area (Å²) in [7, 11) is -3.05. The molecule has 0 amide bonds. The molecule has 0 radical (unpaired) electrons. The van der Waals surface area contributed by atoms with Crippen molar-refractivity contribution < 1.29 is 33.3 Å². The Morgan fingerprint density at radius 1 is 0.659 bits per heavy atom. The fraction of sp³-hybridized carbons (Fsp3) is 0.429. The minimum Gasteiger partial charge on any atom is -0.550 e. The maximum atomic E-state index is 14.7. The van der Waals surface area contributed by atoms with Gasteiger partial charge in [-0.2, -0.15) is 0 Å². The van der Waals surface area contributed by atoms with E-state index < -0.39 is 13.1 Å². The van der Waals surface area contributed by atoms with Gasteiger partial charge in [0.2, 0.25) is 0 Å². The van der Waals surface area contributed by atoms with E-state index in [0.717, 1.165) is 66.6 Å². The van der Waals surface area contributed by atoms with Gasteiger partial charge in [-0.3, -0.25) is 4.98 Å². The maximum absolute atomic E-state index is 14.7. The van der Waals surface area contributed by atoms with Crippen LogP contribution in [0.4, 0.5) is 0 Å². The SMILES string of the molecule is O=C([O-])CCCCCCC/C=C\CCCCCCCCc1cccnc1P(=O)(c1ccccc1)c1ccccc1.[Li+]. The van der Waals surface area contributed by atoms with Gasteiger partial charge in [0.05, 0.1) is 0 Å². The largest absolute Gasteiger partial charge is 1.00 e. The van der Waals surface area contributed by atoms with Crippen LogP contribution in [0.3, 0.4) is 0 Å². The predicted molar refractivity (Wildman–Crippen MR) is 166 cm³/mol. The summed E-state index contributed by atoms with van der Waals surface area (Å²) < 4.78 is 14.7. The van der Waals surface area contributed by atoms with Crippen LogP contribution < -0.4 is 40.0 Å². The van der Waals surface area contributed by atoms with Crippen molar-refractivity contribution >= 4 is 29.2 Å². The summed E-state index contributed by atoms with van der Waals surface area (Å²) in [5.41, 5.74) is 1.83. The molecule has 1 heterocycles. The monoisotopic (exact) mass is 565 g/mol.